The summed E-state index contributed by atoms with van der Waals surface area (Å²) in [6, 6.07) is 0. The molecule has 0 unspecified atom stereocenters. The van der Waals surface area contributed by atoms with E-state index in [1.165, 1.54) is 12.2 Å². The van der Waals surface area contributed by atoms with E-state index in [0.29, 0.717) is 39.5 Å². The molecule has 1 aliphatic rings. The molecule has 0 atom stereocenters. The van der Waals surface area contributed by atoms with Gasteiger partial charge in [-0.15, -0.1) is 0 Å². The number of rotatable bonds is 13. The SMILES string of the molecule is CC(C)C(=O)CCOCCOCCOCCN1C(=O)C=CC1=O. The maximum atomic E-state index is 11.3. The lowest BCUT2D eigenvalue weighted by molar-refractivity contribution is -0.137. The number of ether oxygens (including phenoxy) is 3. The van der Waals surface area contributed by atoms with Crippen molar-refractivity contribution in [1.29, 1.82) is 0 Å². The number of amides is 2. The molecule has 0 bridgehead atoms. The van der Waals surface area contributed by atoms with E-state index in [1.54, 1.807) is 0 Å². The fourth-order valence-electron chi connectivity index (χ4n) is 1.81. The van der Waals surface area contributed by atoms with E-state index >= 15 is 0 Å². The van der Waals surface area contributed by atoms with Crippen LogP contribution in [0.3, 0.4) is 0 Å². The highest BCUT2D eigenvalue weighted by molar-refractivity contribution is 6.12. The van der Waals surface area contributed by atoms with Crippen LogP contribution in [0.1, 0.15) is 20.3 Å². The van der Waals surface area contributed by atoms with Gasteiger partial charge in [-0.25, -0.2) is 0 Å². The van der Waals surface area contributed by atoms with Gasteiger partial charge in [0.05, 0.1) is 46.2 Å². The number of carbonyl (C=O) groups excluding carboxylic acids is 3. The van der Waals surface area contributed by atoms with Crippen molar-refractivity contribution in [3.8, 4) is 0 Å². The van der Waals surface area contributed by atoms with Gasteiger partial charge in [0.25, 0.3) is 11.8 Å². The molecule has 2 amide bonds. The number of Topliss-reactive ketones (excluding diaryl/α,β-unsaturated/α-hetero) is 1. The molecule has 0 N–H and O–H groups in total. The van der Waals surface area contributed by atoms with Crippen molar-refractivity contribution in [2.45, 2.75) is 20.3 Å². The van der Waals surface area contributed by atoms with Gasteiger partial charge in [0.2, 0.25) is 0 Å². The third-order valence-electron chi connectivity index (χ3n) is 3.24. The van der Waals surface area contributed by atoms with Gasteiger partial charge in [-0.3, -0.25) is 19.3 Å². The minimum atomic E-state index is -0.303. The Hall–Kier alpha value is -1.57. The summed E-state index contributed by atoms with van der Waals surface area (Å²) in [4.78, 5) is 35.0. The average molecular weight is 327 g/mol. The zero-order valence-electron chi connectivity index (χ0n) is 13.8. The van der Waals surface area contributed by atoms with Crippen molar-refractivity contribution in [3.63, 3.8) is 0 Å². The molecule has 1 heterocycles. The topological polar surface area (TPSA) is 82.1 Å². The number of hydrogen-bond acceptors (Lipinski definition) is 6. The van der Waals surface area contributed by atoms with E-state index in [-0.39, 0.29) is 36.7 Å². The second-order valence-corrected chi connectivity index (χ2v) is 5.37. The lowest BCUT2D eigenvalue weighted by atomic mass is 10.1. The zero-order valence-corrected chi connectivity index (χ0v) is 13.8. The number of carbonyl (C=O) groups is 3. The van der Waals surface area contributed by atoms with Crippen molar-refractivity contribution in [2.24, 2.45) is 5.92 Å². The van der Waals surface area contributed by atoms with Crippen molar-refractivity contribution in [2.75, 3.05) is 46.2 Å². The number of hydrogen-bond donors (Lipinski definition) is 0. The van der Waals surface area contributed by atoms with Gasteiger partial charge < -0.3 is 14.2 Å². The van der Waals surface area contributed by atoms with Crippen molar-refractivity contribution < 1.29 is 28.6 Å². The Kier molecular flexibility index (Phi) is 9.35. The molecule has 130 valence electrons. The van der Waals surface area contributed by atoms with Crippen molar-refractivity contribution >= 4 is 17.6 Å². The largest absolute Gasteiger partial charge is 0.379 e. The monoisotopic (exact) mass is 327 g/mol. The molecule has 0 aromatic carbocycles. The number of imide groups is 1. The van der Waals surface area contributed by atoms with Crippen molar-refractivity contribution in [3.05, 3.63) is 12.2 Å². The van der Waals surface area contributed by atoms with Gasteiger partial charge in [-0.2, -0.15) is 0 Å². The first-order chi connectivity index (χ1) is 11.0. The molecule has 1 rings (SSSR count). The lowest BCUT2D eigenvalue weighted by Gasteiger charge is -2.13. The first-order valence-corrected chi connectivity index (χ1v) is 7.82. The van der Waals surface area contributed by atoms with E-state index in [0.717, 1.165) is 4.90 Å². The van der Waals surface area contributed by atoms with Gasteiger partial charge in [0.15, 0.2) is 0 Å². The standard InChI is InChI=1S/C16H25NO6/c1-13(2)14(18)5-7-21-9-11-23-12-10-22-8-6-17-15(19)3-4-16(17)20/h3-4,13H,5-12H2,1-2H3. The molecule has 0 aromatic heterocycles. The molecule has 7 nitrogen and oxygen atoms in total. The summed E-state index contributed by atoms with van der Waals surface area (Å²) in [5, 5.41) is 0. The zero-order chi connectivity index (χ0) is 17.1. The predicted molar refractivity (Wildman–Crippen MR) is 82.8 cm³/mol. The van der Waals surface area contributed by atoms with Gasteiger partial charge in [-0.1, -0.05) is 13.8 Å². The Labute approximate surface area is 136 Å². The molecule has 23 heavy (non-hydrogen) atoms. The van der Waals surface area contributed by atoms with Crippen LogP contribution in [0.4, 0.5) is 0 Å². The van der Waals surface area contributed by atoms with Crippen LogP contribution in [0.2, 0.25) is 0 Å². The van der Waals surface area contributed by atoms with E-state index in [1.807, 2.05) is 13.8 Å². The van der Waals surface area contributed by atoms with Crippen molar-refractivity contribution in [1.82, 2.24) is 4.90 Å². The normalized spacial score (nSPS) is 14.3. The highest BCUT2D eigenvalue weighted by atomic mass is 16.5. The van der Waals surface area contributed by atoms with Gasteiger partial charge in [0, 0.05) is 24.5 Å². The van der Waals surface area contributed by atoms with Gasteiger partial charge in [0.1, 0.15) is 5.78 Å². The van der Waals surface area contributed by atoms with Crippen LogP contribution in [0.15, 0.2) is 12.2 Å². The molecule has 0 saturated heterocycles. The first-order valence-electron chi connectivity index (χ1n) is 7.82. The summed E-state index contributed by atoms with van der Waals surface area (Å²) in [5.41, 5.74) is 0. The van der Waals surface area contributed by atoms with E-state index in [9.17, 15) is 14.4 Å². The average Bonchev–Trinajstić information content (AvgIpc) is 2.83. The Morgan fingerprint density at radius 1 is 0.913 bits per heavy atom. The van der Waals surface area contributed by atoms with Gasteiger partial charge in [-0.05, 0) is 0 Å². The quantitative estimate of drug-likeness (QED) is 0.363. The predicted octanol–water partition coefficient (Wildman–Crippen LogP) is 0.576. The Balaban J connectivity index is 1.84. The van der Waals surface area contributed by atoms with Crippen LogP contribution in [0.5, 0.6) is 0 Å². The van der Waals surface area contributed by atoms with Crippen LogP contribution >= 0.6 is 0 Å². The second-order valence-electron chi connectivity index (χ2n) is 5.37. The lowest BCUT2D eigenvalue weighted by Crippen LogP contribution is -2.33. The number of ketones is 1. The molecule has 1 aliphatic heterocycles. The fraction of sp³-hybridized carbons (Fsp3) is 0.688. The molecule has 0 aromatic rings. The van der Waals surface area contributed by atoms with E-state index in [2.05, 4.69) is 0 Å². The second kappa shape index (κ2) is 11.0. The molecular formula is C16H25NO6. The molecule has 0 spiro atoms. The molecule has 0 aliphatic carbocycles. The van der Waals surface area contributed by atoms with E-state index < -0.39 is 0 Å². The Bertz CT molecular complexity index is 414. The van der Waals surface area contributed by atoms with Gasteiger partial charge >= 0.3 is 0 Å². The third kappa shape index (κ3) is 8.01. The third-order valence-corrected chi connectivity index (χ3v) is 3.24. The van der Waals surface area contributed by atoms with Crippen LogP contribution < -0.4 is 0 Å². The highest BCUT2D eigenvalue weighted by Crippen LogP contribution is 2.02. The number of nitrogens with zero attached hydrogens (tertiary/aromatic N) is 1. The summed E-state index contributed by atoms with van der Waals surface area (Å²) in [6.07, 6.45) is 2.93. The van der Waals surface area contributed by atoms with E-state index in [4.69, 9.17) is 14.2 Å². The Morgan fingerprint density at radius 2 is 1.39 bits per heavy atom. The van der Waals surface area contributed by atoms with Crippen LogP contribution in [0.25, 0.3) is 0 Å². The smallest absolute Gasteiger partial charge is 0.253 e. The van der Waals surface area contributed by atoms with Crippen LogP contribution in [0, 0.1) is 5.92 Å². The molecule has 7 heteroatoms. The molecule has 0 fully saturated rings. The highest BCUT2D eigenvalue weighted by Gasteiger charge is 2.22. The first kappa shape index (κ1) is 19.5. The Morgan fingerprint density at radius 3 is 1.91 bits per heavy atom. The van der Waals surface area contributed by atoms with Crippen LogP contribution in [-0.4, -0.2) is 68.7 Å². The molecule has 0 radical (unpaired) electrons. The molecular weight excluding hydrogens is 302 g/mol. The maximum absolute atomic E-state index is 11.3. The van der Waals surface area contributed by atoms with Crippen LogP contribution in [-0.2, 0) is 28.6 Å². The fourth-order valence-corrected chi connectivity index (χ4v) is 1.81. The molecule has 0 saturated carbocycles. The minimum Gasteiger partial charge on any atom is -0.379 e. The summed E-state index contributed by atoms with van der Waals surface area (Å²) >= 11 is 0. The minimum absolute atomic E-state index is 0.0499. The summed E-state index contributed by atoms with van der Waals surface area (Å²) in [5.74, 6) is -0.357. The maximum Gasteiger partial charge on any atom is 0.253 e. The summed E-state index contributed by atoms with van der Waals surface area (Å²) in [7, 11) is 0. The summed E-state index contributed by atoms with van der Waals surface area (Å²) < 4.78 is 15.9. The summed E-state index contributed by atoms with van der Waals surface area (Å²) in [6.45, 7) is 6.37.